The zero-order chi connectivity index (χ0) is 14.5. The summed E-state index contributed by atoms with van der Waals surface area (Å²) in [6, 6.07) is 3.70. The van der Waals surface area contributed by atoms with Crippen LogP contribution in [0, 0.1) is 11.3 Å². The van der Waals surface area contributed by atoms with Crippen molar-refractivity contribution in [2.75, 3.05) is 25.0 Å². The number of amides is 1. The van der Waals surface area contributed by atoms with Crippen LogP contribution in [0.15, 0.2) is 11.4 Å². The Hall–Kier alpha value is -1.42. The van der Waals surface area contributed by atoms with Gasteiger partial charge in [0.2, 0.25) is 5.91 Å². The maximum atomic E-state index is 11.9. The Morgan fingerprint density at radius 3 is 2.84 bits per heavy atom. The Bertz CT molecular complexity index is 471. The van der Waals surface area contributed by atoms with Crippen LogP contribution in [0.4, 0.5) is 5.00 Å². The van der Waals surface area contributed by atoms with Crippen molar-refractivity contribution in [1.29, 1.82) is 5.26 Å². The van der Waals surface area contributed by atoms with Gasteiger partial charge in [0.15, 0.2) is 0 Å². The molecule has 0 radical (unpaired) electrons. The van der Waals surface area contributed by atoms with Gasteiger partial charge in [-0.15, -0.1) is 11.3 Å². The van der Waals surface area contributed by atoms with Crippen LogP contribution in [-0.4, -0.2) is 41.1 Å². The molecule has 1 rings (SSSR count). The number of hydrogen-bond acceptors (Lipinski definition) is 5. The molecule has 104 valence electrons. The topological polar surface area (TPSA) is 76.4 Å². The minimum absolute atomic E-state index is 0.176. The monoisotopic (exact) mass is 281 g/mol. The third kappa shape index (κ3) is 5.39. The summed E-state index contributed by atoms with van der Waals surface area (Å²) in [4.78, 5) is 13.8. The summed E-state index contributed by atoms with van der Waals surface area (Å²) >= 11 is 1.33. The highest BCUT2D eigenvalue weighted by atomic mass is 32.1. The van der Waals surface area contributed by atoms with Gasteiger partial charge < -0.3 is 10.4 Å². The number of aliphatic hydroxyl groups is 1. The number of nitrogens with one attached hydrogen (secondary N) is 1. The van der Waals surface area contributed by atoms with Crippen LogP contribution in [0.25, 0.3) is 0 Å². The van der Waals surface area contributed by atoms with E-state index in [0.717, 1.165) is 0 Å². The number of carbonyl (C=O) groups excluding carboxylic acids is 1. The van der Waals surface area contributed by atoms with Gasteiger partial charge in [-0.25, -0.2) is 0 Å². The molecule has 0 atom stereocenters. The fourth-order valence-electron chi connectivity index (χ4n) is 1.69. The van der Waals surface area contributed by atoms with Crippen molar-refractivity contribution >= 4 is 22.2 Å². The Kier molecular flexibility index (Phi) is 5.48. The van der Waals surface area contributed by atoms with E-state index in [9.17, 15) is 9.90 Å². The van der Waals surface area contributed by atoms with E-state index in [0.29, 0.717) is 23.7 Å². The Labute approximate surface area is 117 Å². The number of nitrogens with zero attached hydrogens (tertiary/aromatic N) is 2. The van der Waals surface area contributed by atoms with Crippen molar-refractivity contribution in [2.45, 2.75) is 26.4 Å². The lowest BCUT2D eigenvalue weighted by Crippen LogP contribution is -2.42. The maximum absolute atomic E-state index is 11.9. The van der Waals surface area contributed by atoms with E-state index in [1.54, 1.807) is 25.3 Å². The molecule has 5 nitrogen and oxygen atoms in total. The predicted molar refractivity (Wildman–Crippen MR) is 76.1 cm³/mol. The van der Waals surface area contributed by atoms with Gasteiger partial charge in [0, 0.05) is 6.54 Å². The lowest BCUT2D eigenvalue weighted by molar-refractivity contribution is -0.117. The third-order valence-corrected chi connectivity index (χ3v) is 3.29. The minimum atomic E-state index is -0.836. The van der Waals surface area contributed by atoms with E-state index < -0.39 is 5.60 Å². The third-order valence-electron chi connectivity index (χ3n) is 2.46. The molecule has 1 amide bonds. The number of carbonyl (C=O) groups is 1. The van der Waals surface area contributed by atoms with Crippen LogP contribution in [0.1, 0.15) is 26.3 Å². The first-order valence-electron chi connectivity index (χ1n) is 6.08. The highest BCUT2D eigenvalue weighted by molar-refractivity contribution is 7.14. The fraction of sp³-hybridized carbons (Fsp3) is 0.538. The average Bonchev–Trinajstić information content (AvgIpc) is 2.73. The molecule has 1 aromatic rings. The van der Waals surface area contributed by atoms with Gasteiger partial charge >= 0.3 is 0 Å². The molecule has 1 aromatic heterocycles. The molecule has 0 aliphatic rings. The molecular formula is C13H19N3O2S. The van der Waals surface area contributed by atoms with Gasteiger partial charge in [-0.2, -0.15) is 5.26 Å². The molecule has 0 aromatic carbocycles. The molecule has 0 aliphatic carbocycles. The molecule has 6 heteroatoms. The second-order valence-electron chi connectivity index (χ2n) is 4.94. The standard InChI is InChI=1S/C13H19N3O2S/c1-4-16(9-13(2,3)18)8-11(17)15-12-10(7-14)5-6-19-12/h5-6,18H,4,8-9H2,1-3H3,(H,15,17). The Balaban J connectivity index is 2.57. The molecule has 1 heterocycles. The van der Waals surface area contributed by atoms with E-state index in [1.807, 2.05) is 17.9 Å². The van der Waals surface area contributed by atoms with E-state index in [-0.39, 0.29) is 12.5 Å². The van der Waals surface area contributed by atoms with E-state index in [2.05, 4.69) is 5.32 Å². The number of likely N-dealkylation sites (N-methyl/N-ethyl adjacent to an activating group) is 1. The van der Waals surface area contributed by atoms with Crippen molar-refractivity contribution in [1.82, 2.24) is 4.90 Å². The van der Waals surface area contributed by atoms with Crippen LogP contribution in [-0.2, 0) is 4.79 Å². The van der Waals surface area contributed by atoms with Crippen LogP contribution in [0.3, 0.4) is 0 Å². The number of thiophene rings is 1. The van der Waals surface area contributed by atoms with Crippen molar-refractivity contribution in [3.8, 4) is 6.07 Å². The molecule has 2 N–H and O–H groups in total. The van der Waals surface area contributed by atoms with Gasteiger partial charge in [0.05, 0.1) is 17.7 Å². The molecule has 19 heavy (non-hydrogen) atoms. The molecule has 0 saturated heterocycles. The van der Waals surface area contributed by atoms with Crippen molar-refractivity contribution in [3.63, 3.8) is 0 Å². The molecule has 0 fully saturated rings. The smallest absolute Gasteiger partial charge is 0.239 e. The zero-order valence-corrected chi connectivity index (χ0v) is 12.3. The van der Waals surface area contributed by atoms with Gasteiger partial charge in [0.1, 0.15) is 11.1 Å². The second kappa shape index (κ2) is 6.66. The van der Waals surface area contributed by atoms with Crippen molar-refractivity contribution in [3.05, 3.63) is 17.0 Å². The Morgan fingerprint density at radius 1 is 1.63 bits per heavy atom. The Morgan fingerprint density at radius 2 is 2.32 bits per heavy atom. The minimum Gasteiger partial charge on any atom is -0.389 e. The zero-order valence-electron chi connectivity index (χ0n) is 11.4. The van der Waals surface area contributed by atoms with Crippen molar-refractivity contribution < 1.29 is 9.90 Å². The first-order chi connectivity index (χ1) is 8.85. The van der Waals surface area contributed by atoms with Crippen molar-refractivity contribution in [2.24, 2.45) is 0 Å². The summed E-state index contributed by atoms with van der Waals surface area (Å²) in [6.45, 7) is 6.65. The van der Waals surface area contributed by atoms with E-state index in [1.165, 1.54) is 11.3 Å². The summed E-state index contributed by atoms with van der Waals surface area (Å²) in [5, 5.41) is 23.7. The second-order valence-corrected chi connectivity index (χ2v) is 5.86. The summed E-state index contributed by atoms with van der Waals surface area (Å²) in [5.74, 6) is -0.176. The summed E-state index contributed by atoms with van der Waals surface area (Å²) in [5.41, 5.74) is -0.360. The first-order valence-corrected chi connectivity index (χ1v) is 6.96. The maximum Gasteiger partial charge on any atom is 0.239 e. The SMILES string of the molecule is CCN(CC(=O)Nc1sccc1C#N)CC(C)(C)O. The van der Waals surface area contributed by atoms with Gasteiger partial charge in [0.25, 0.3) is 0 Å². The first kappa shape index (κ1) is 15.6. The molecular weight excluding hydrogens is 262 g/mol. The lowest BCUT2D eigenvalue weighted by Gasteiger charge is -2.27. The molecule has 0 unspecified atom stereocenters. The quantitative estimate of drug-likeness (QED) is 0.831. The number of anilines is 1. The molecule has 0 spiro atoms. The highest BCUT2D eigenvalue weighted by Crippen LogP contribution is 2.21. The summed E-state index contributed by atoms with van der Waals surface area (Å²) < 4.78 is 0. The summed E-state index contributed by atoms with van der Waals surface area (Å²) in [7, 11) is 0. The van der Waals surface area contributed by atoms with Crippen LogP contribution in [0.5, 0.6) is 0 Å². The normalized spacial score (nSPS) is 11.4. The van der Waals surface area contributed by atoms with Crippen LogP contribution >= 0.6 is 11.3 Å². The fourth-order valence-corrected chi connectivity index (χ4v) is 2.44. The van der Waals surface area contributed by atoms with E-state index >= 15 is 0 Å². The number of nitriles is 1. The lowest BCUT2D eigenvalue weighted by atomic mass is 10.1. The largest absolute Gasteiger partial charge is 0.389 e. The molecule has 0 saturated carbocycles. The van der Waals surface area contributed by atoms with Crippen LogP contribution in [0.2, 0.25) is 0 Å². The van der Waals surface area contributed by atoms with Gasteiger partial charge in [-0.1, -0.05) is 6.92 Å². The average molecular weight is 281 g/mol. The highest BCUT2D eigenvalue weighted by Gasteiger charge is 2.19. The summed E-state index contributed by atoms with van der Waals surface area (Å²) in [6.07, 6.45) is 0. The number of rotatable bonds is 6. The van der Waals surface area contributed by atoms with E-state index in [4.69, 9.17) is 5.26 Å². The molecule has 0 aliphatic heterocycles. The van der Waals surface area contributed by atoms with Crippen LogP contribution < -0.4 is 5.32 Å². The van der Waals surface area contributed by atoms with Gasteiger partial charge in [-0.05, 0) is 31.8 Å². The number of hydrogen-bond donors (Lipinski definition) is 2. The predicted octanol–water partition coefficient (Wildman–Crippen LogP) is 1.65. The van der Waals surface area contributed by atoms with Gasteiger partial charge in [-0.3, -0.25) is 9.69 Å². The molecule has 0 bridgehead atoms.